The summed E-state index contributed by atoms with van der Waals surface area (Å²) < 4.78 is 6.26. The summed E-state index contributed by atoms with van der Waals surface area (Å²) in [4.78, 5) is 23.1. The number of nitrogens with zero attached hydrogens (tertiary/aromatic N) is 3. The predicted molar refractivity (Wildman–Crippen MR) is 75.0 cm³/mol. The molecule has 1 atom stereocenters. The summed E-state index contributed by atoms with van der Waals surface area (Å²) in [7, 11) is 1.32. The van der Waals surface area contributed by atoms with Crippen molar-refractivity contribution >= 4 is 23.0 Å². The van der Waals surface area contributed by atoms with Gasteiger partial charge in [0, 0.05) is 0 Å². The van der Waals surface area contributed by atoms with Crippen molar-refractivity contribution in [2.75, 3.05) is 7.11 Å². The first-order chi connectivity index (χ1) is 9.93. The second kappa shape index (κ2) is 5.90. The number of hydrogen-bond acceptors (Lipinski definition) is 5. The van der Waals surface area contributed by atoms with E-state index in [9.17, 15) is 9.59 Å². The van der Waals surface area contributed by atoms with E-state index >= 15 is 0 Å². The highest BCUT2D eigenvalue weighted by Gasteiger charge is 2.25. The normalized spacial score (nSPS) is 12.6. The third-order valence-electron chi connectivity index (χ3n) is 3.18. The Kier molecular flexibility index (Phi) is 4.21. The number of ether oxygens (including phenoxy) is 1. The smallest absolute Gasteiger partial charge is 0.335 e. The Labute approximate surface area is 121 Å². The number of aromatic nitrogens is 3. The Hall–Kier alpha value is -2.44. The number of esters is 1. The third-order valence-corrected chi connectivity index (χ3v) is 3.18. The van der Waals surface area contributed by atoms with Crippen molar-refractivity contribution in [3.63, 3.8) is 0 Å². The molecule has 0 amide bonds. The van der Waals surface area contributed by atoms with E-state index in [1.165, 1.54) is 23.9 Å². The maximum absolute atomic E-state index is 12.0. The second-order valence-corrected chi connectivity index (χ2v) is 5.21. The maximum atomic E-state index is 12.0. The van der Waals surface area contributed by atoms with Crippen LogP contribution in [-0.2, 0) is 9.53 Å². The van der Waals surface area contributed by atoms with Gasteiger partial charge in [-0.3, -0.25) is 0 Å². The van der Waals surface area contributed by atoms with Gasteiger partial charge in [0.05, 0.1) is 18.2 Å². The van der Waals surface area contributed by atoms with Crippen LogP contribution in [0.1, 0.15) is 36.7 Å². The van der Waals surface area contributed by atoms with Gasteiger partial charge in [-0.15, -0.1) is 5.10 Å². The highest BCUT2D eigenvalue weighted by atomic mass is 16.5. The van der Waals surface area contributed by atoms with Crippen LogP contribution in [0.25, 0.3) is 11.0 Å². The first-order valence-electron chi connectivity index (χ1n) is 6.60. The average Bonchev–Trinajstić information content (AvgIpc) is 2.86. The van der Waals surface area contributed by atoms with Crippen molar-refractivity contribution in [3.05, 3.63) is 23.8 Å². The first kappa shape index (κ1) is 15.0. The van der Waals surface area contributed by atoms with E-state index in [1.807, 2.05) is 13.8 Å². The van der Waals surface area contributed by atoms with Gasteiger partial charge in [-0.1, -0.05) is 19.1 Å². The number of fused-ring (bicyclic) bond motifs is 1. The lowest BCUT2D eigenvalue weighted by molar-refractivity contribution is -0.145. The highest BCUT2D eigenvalue weighted by molar-refractivity contribution is 5.92. The van der Waals surface area contributed by atoms with E-state index in [0.717, 1.165) is 0 Å². The topological polar surface area (TPSA) is 94.3 Å². The predicted octanol–water partition coefficient (Wildman–Crippen LogP) is 1.89. The van der Waals surface area contributed by atoms with Crippen molar-refractivity contribution in [3.8, 4) is 0 Å². The monoisotopic (exact) mass is 291 g/mol. The molecule has 0 aliphatic carbocycles. The molecule has 7 nitrogen and oxygen atoms in total. The molecule has 1 N–H and O–H groups in total. The molecule has 0 spiro atoms. The molecule has 1 aromatic carbocycles. The van der Waals surface area contributed by atoms with Crippen LogP contribution in [-0.4, -0.2) is 39.1 Å². The molecular formula is C14H17N3O4. The number of carbonyl (C=O) groups excluding carboxylic acids is 1. The fraction of sp³-hybridized carbons (Fsp3) is 0.429. The summed E-state index contributed by atoms with van der Waals surface area (Å²) in [5.74, 6) is -1.21. The van der Waals surface area contributed by atoms with Crippen molar-refractivity contribution in [2.45, 2.75) is 26.3 Å². The zero-order valence-electron chi connectivity index (χ0n) is 12.1. The molecule has 2 aromatic rings. The van der Waals surface area contributed by atoms with E-state index in [-0.39, 0.29) is 11.5 Å². The number of aromatic carboxylic acids is 1. The molecule has 0 saturated carbocycles. The molecule has 0 aliphatic rings. The first-order valence-corrected chi connectivity index (χ1v) is 6.60. The summed E-state index contributed by atoms with van der Waals surface area (Å²) in [6.45, 7) is 3.97. The van der Waals surface area contributed by atoms with Gasteiger partial charge in [0.15, 0.2) is 6.04 Å². The van der Waals surface area contributed by atoms with Crippen LogP contribution < -0.4 is 0 Å². The van der Waals surface area contributed by atoms with Gasteiger partial charge in [-0.2, -0.15) is 0 Å². The molecule has 1 heterocycles. The van der Waals surface area contributed by atoms with Crippen LogP contribution in [0.4, 0.5) is 0 Å². The Bertz CT molecular complexity index is 678. The van der Waals surface area contributed by atoms with Gasteiger partial charge < -0.3 is 9.84 Å². The minimum absolute atomic E-state index is 0.124. The lowest BCUT2D eigenvalue weighted by atomic mass is 10.0. The van der Waals surface area contributed by atoms with Gasteiger partial charge in [0.2, 0.25) is 0 Å². The fourth-order valence-corrected chi connectivity index (χ4v) is 2.18. The summed E-state index contributed by atoms with van der Waals surface area (Å²) >= 11 is 0. The van der Waals surface area contributed by atoms with E-state index in [1.54, 1.807) is 6.07 Å². The molecular weight excluding hydrogens is 274 g/mol. The summed E-state index contributed by atoms with van der Waals surface area (Å²) in [6, 6.07) is 3.88. The van der Waals surface area contributed by atoms with Crippen LogP contribution >= 0.6 is 0 Å². The van der Waals surface area contributed by atoms with Crippen LogP contribution in [0.15, 0.2) is 18.2 Å². The van der Waals surface area contributed by atoms with E-state index < -0.39 is 18.0 Å². The van der Waals surface area contributed by atoms with Crippen molar-refractivity contribution in [1.29, 1.82) is 0 Å². The number of hydrogen-bond donors (Lipinski definition) is 1. The third kappa shape index (κ3) is 3.01. The zero-order chi connectivity index (χ0) is 15.6. The van der Waals surface area contributed by atoms with Gasteiger partial charge in [-0.25, -0.2) is 14.3 Å². The number of benzene rings is 1. The van der Waals surface area contributed by atoms with E-state index in [2.05, 4.69) is 10.3 Å². The Balaban J connectivity index is 2.53. The van der Waals surface area contributed by atoms with Crippen molar-refractivity contribution in [2.24, 2.45) is 5.92 Å². The van der Waals surface area contributed by atoms with Gasteiger partial charge in [-0.05, 0) is 30.5 Å². The zero-order valence-corrected chi connectivity index (χ0v) is 12.1. The van der Waals surface area contributed by atoms with Crippen LogP contribution in [0.3, 0.4) is 0 Å². The minimum Gasteiger partial charge on any atom is -0.478 e. The number of rotatable bonds is 5. The molecule has 2 rings (SSSR count). The molecule has 112 valence electrons. The molecule has 0 saturated heterocycles. The fourth-order valence-electron chi connectivity index (χ4n) is 2.18. The summed E-state index contributed by atoms with van der Waals surface area (Å²) in [5.41, 5.74) is 1.17. The van der Waals surface area contributed by atoms with Crippen LogP contribution in [0.2, 0.25) is 0 Å². The second-order valence-electron chi connectivity index (χ2n) is 5.21. The largest absolute Gasteiger partial charge is 0.478 e. The number of carbonyl (C=O) groups is 2. The van der Waals surface area contributed by atoms with Gasteiger partial charge in [0.1, 0.15) is 5.52 Å². The molecule has 1 aromatic heterocycles. The quantitative estimate of drug-likeness (QED) is 0.845. The van der Waals surface area contributed by atoms with E-state index in [0.29, 0.717) is 17.5 Å². The summed E-state index contributed by atoms with van der Waals surface area (Å²) in [5, 5.41) is 17.0. The van der Waals surface area contributed by atoms with Crippen LogP contribution in [0, 0.1) is 5.92 Å². The Morgan fingerprint density at radius 3 is 2.67 bits per heavy atom. The lowest BCUT2D eigenvalue weighted by Gasteiger charge is -2.17. The number of methoxy groups -OCH3 is 1. The highest BCUT2D eigenvalue weighted by Crippen LogP contribution is 2.23. The molecule has 21 heavy (non-hydrogen) atoms. The maximum Gasteiger partial charge on any atom is 0.335 e. The standard InChI is InChI=1S/C14H17N3O4/c1-8(2)6-12(14(20)21-3)17-11-7-9(13(18)19)4-5-10(11)15-16-17/h4-5,7-8,12H,6H2,1-3H3,(H,18,19). The SMILES string of the molecule is COC(=O)C(CC(C)C)n1nnc2ccc(C(=O)O)cc21. The van der Waals surface area contributed by atoms with Crippen LogP contribution in [0.5, 0.6) is 0 Å². The molecule has 7 heteroatoms. The molecule has 1 unspecified atom stereocenters. The van der Waals surface area contributed by atoms with Crippen molar-refractivity contribution in [1.82, 2.24) is 15.0 Å². The number of carboxylic acid groups (broad SMARTS) is 1. The summed E-state index contributed by atoms with van der Waals surface area (Å²) in [6.07, 6.45) is 0.530. The van der Waals surface area contributed by atoms with Gasteiger partial charge in [0.25, 0.3) is 0 Å². The van der Waals surface area contributed by atoms with Crippen molar-refractivity contribution < 1.29 is 19.4 Å². The molecule has 0 radical (unpaired) electrons. The molecule has 0 aliphatic heterocycles. The Morgan fingerprint density at radius 1 is 1.38 bits per heavy atom. The molecule has 0 bridgehead atoms. The van der Waals surface area contributed by atoms with E-state index in [4.69, 9.17) is 9.84 Å². The molecule has 0 fully saturated rings. The van der Waals surface area contributed by atoms with Gasteiger partial charge >= 0.3 is 11.9 Å². The average molecular weight is 291 g/mol. The Morgan fingerprint density at radius 2 is 2.10 bits per heavy atom. The minimum atomic E-state index is -1.04. The number of carboxylic acids is 1. The lowest BCUT2D eigenvalue weighted by Crippen LogP contribution is -2.23.